The minimum atomic E-state index is 0.0448. The van der Waals surface area contributed by atoms with Crippen molar-refractivity contribution in [2.75, 3.05) is 12.8 Å². The van der Waals surface area contributed by atoms with E-state index >= 15 is 0 Å². The molecule has 1 aliphatic carbocycles. The van der Waals surface area contributed by atoms with Crippen molar-refractivity contribution in [2.45, 2.75) is 58.1 Å². The molecule has 164 valence electrons. The van der Waals surface area contributed by atoms with Gasteiger partial charge in [0.25, 0.3) is 0 Å². The SMILES string of the molecule is CCC1CC(=O)N(Cc2ccc(N)cc2)N=C1c1ccc(OC)c(OC2CCCC2)c1. The summed E-state index contributed by atoms with van der Waals surface area (Å²) in [6.45, 7) is 2.53. The minimum absolute atomic E-state index is 0.0448. The van der Waals surface area contributed by atoms with Crippen LogP contribution in [-0.2, 0) is 11.3 Å². The van der Waals surface area contributed by atoms with Crippen LogP contribution in [0.4, 0.5) is 5.69 Å². The van der Waals surface area contributed by atoms with Crippen molar-refractivity contribution in [1.29, 1.82) is 0 Å². The fraction of sp³-hybridized carbons (Fsp3) is 0.440. The largest absolute Gasteiger partial charge is 0.493 e. The van der Waals surface area contributed by atoms with Crippen LogP contribution in [0.15, 0.2) is 47.6 Å². The molecule has 2 aliphatic rings. The maximum atomic E-state index is 12.8. The van der Waals surface area contributed by atoms with Gasteiger partial charge in [-0.1, -0.05) is 19.1 Å². The molecule has 0 saturated heterocycles. The highest BCUT2D eigenvalue weighted by Gasteiger charge is 2.30. The van der Waals surface area contributed by atoms with Gasteiger partial charge in [-0.25, -0.2) is 5.01 Å². The maximum Gasteiger partial charge on any atom is 0.243 e. The summed E-state index contributed by atoms with van der Waals surface area (Å²) in [5, 5.41) is 6.38. The summed E-state index contributed by atoms with van der Waals surface area (Å²) in [7, 11) is 1.66. The first kappa shape index (κ1) is 21.2. The van der Waals surface area contributed by atoms with Gasteiger partial charge in [0, 0.05) is 23.6 Å². The second-order valence-electron chi connectivity index (χ2n) is 8.38. The number of hydrogen-bond donors (Lipinski definition) is 1. The zero-order chi connectivity index (χ0) is 21.8. The Labute approximate surface area is 184 Å². The molecule has 31 heavy (non-hydrogen) atoms. The summed E-state index contributed by atoms with van der Waals surface area (Å²) >= 11 is 0. The van der Waals surface area contributed by atoms with E-state index in [-0.39, 0.29) is 17.9 Å². The standard InChI is InChI=1S/C25H31N3O3/c1-3-18-15-24(29)28(16-17-8-11-20(26)12-9-17)27-25(18)19-10-13-22(30-2)23(14-19)31-21-6-4-5-7-21/h8-14,18,21H,3-7,15-16,26H2,1-2H3. The van der Waals surface area contributed by atoms with Crippen LogP contribution in [-0.4, -0.2) is 29.8 Å². The molecule has 0 spiro atoms. The van der Waals surface area contributed by atoms with Gasteiger partial charge >= 0.3 is 0 Å². The lowest BCUT2D eigenvalue weighted by atomic mass is 9.89. The number of carbonyl (C=O) groups excluding carboxylic acids is 1. The Bertz CT molecular complexity index is 949. The topological polar surface area (TPSA) is 77.2 Å². The Kier molecular flexibility index (Phi) is 6.44. The zero-order valence-corrected chi connectivity index (χ0v) is 18.3. The molecule has 2 N–H and O–H groups in total. The number of amides is 1. The monoisotopic (exact) mass is 421 g/mol. The number of nitrogen functional groups attached to an aromatic ring is 1. The minimum Gasteiger partial charge on any atom is -0.493 e. The first-order valence-electron chi connectivity index (χ1n) is 11.2. The Morgan fingerprint density at radius 3 is 2.52 bits per heavy atom. The smallest absolute Gasteiger partial charge is 0.243 e. The molecule has 2 aromatic carbocycles. The van der Waals surface area contributed by atoms with Crippen LogP contribution in [0.3, 0.4) is 0 Å². The average Bonchev–Trinajstić information content (AvgIpc) is 3.29. The molecule has 1 unspecified atom stereocenters. The number of hydrogen-bond acceptors (Lipinski definition) is 5. The van der Waals surface area contributed by atoms with Crippen molar-refractivity contribution in [3.63, 3.8) is 0 Å². The van der Waals surface area contributed by atoms with Crippen molar-refractivity contribution in [3.8, 4) is 11.5 Å². The molecule has 1 aliphatic heterocycles. The molecular formula is C25H31N3O3. The Hall–Kier alpha value is -3.02. The van der Waals surface area contributed by atoms with Gasteiger partial charge in [0.1, 0.15) is 0 Å². The lowest BCUT2D eigenvalue weighted by molar-refractivity contribution is -0.133. The number of hydrazone groups is 1. The number of nitrogens with two attached hydrogens (primary N) is 1. The van der Waals surface area contributed by atoms with Gasteiger partial charge in [0.15, 0.2) is 11.5 Å². The predicted octanol–water partition coefficient (Wildman–Crippen LogP) is 4.76. The van der Waals surface area contributed by atoms with Crippen LogP contribution >= 0.6 is 0 Å². The third-order valence-corrected chi connectivity index (χ3v) is 6.18. The number of methoxy groups -OCH3 is 1. The molecule has 2 aromatic rings. The second kappa shape index (κ2) is 9.41. The average molecular weight is 422 g/mol. The van der Waals surface area contributed by atoms with Crippen LogP contribution in [0.5, 0.6) is 11.5 Å². The van der Waals surface area contributed by atoms with Gasteiger partial charge < -0.3 is 15.2 Å². The summed E-state index contributed by atoms with van der Waals surface area (Å²) < 4.78 is 11.8. The molecular weight excluding hydrogens is 390 g/mol. The van der Waals surface area contributed by atoms with Gasteiger partial charge in [-0.15, -0.1) is 0 Å². The molecule has 0 aromatic heterocycles. The summed E-state index contributed by atoms with van der Waals surface area (Å²) in [5.74, 6) is 1.62. The van der Waals surface area contributed by atoms with Crippen LogP contribution in [0.2, 0.25) is 0 Å². The number of benzene rings is 2. The Morgan fingerprint density at radius 2 is 1.84 bits per heavy atom. The molecule has 6 nitrogen and oxygen atoms in total. The van der Waals surface area contributed by atoms with Gasteiger partial charge in [-0.05, 0) is 68.0 Å². The summed E-state index contributed by atoms with van der Waals surface area (Å²) in [6, 6.07) is 13.5. The molecule has 0 radical (unpaired) electrons. The molecule has 1 heterocycles. The summed E-state index contributed by atoms with van der Waals surface area (Å²) in [4.78, 5) is 12.8. The molecule has 1 fully saturated rings. The Balaban J connectivity index is 1.64. The number of rotatable bonds is 7. The van der Waals surface area contributed by atoms with Gasteiger partial charge in [0.05, 0.1) is 25.5 Å². The number of ether oxygens (including phenoxy) is 2. The highest BCUT2D eigenvalue weighted by Crippen LogP contribution is 2.34. The lowest BCUT2D eigenvalue weighted by Crippen LogP contribution is -2.36. The number of carbonyl (C=O) groups is 1. The van der Waals surface area contributed by atoms with E-state index in [2.05, 4.69) is 6.92 Å². The first-order valence-corrected chi connectivity index (χ1v) is 11.2. The van der Waals surface area contributed by atoms with E-state index in [9.17, 15) is 4.79 Å². The van der Waals surface area contributed by atoms with E-state index < -0.39 is 0 Å². The highest BCUT2D eigenvalue weighted by molar-refractivity contribution is 6.06. The van der Waals surface area contributed by atoms with E-state index in [0.717, 1.165) is 47.6 Å². The van der Waals surface area contributed by atoms with Crippen LogP contribution in [0.25, 0.3) is 0 Å². The van der Waals surface area contributed by atoms with E-state index in [1.165, 1.54) is 12.8 Å². The maximum absolute atomic E-state index is 12.8. The predicted molar refractivity (Wildman–Crippen MR) is 122 cm³/mol. The fourth-order valence-corrected chi connectivity index (χ4v) is 4.34. The molecule has 1 atom stereocenters. The molecule has 1 amide bonds. The molecule has 1 saturated carbocycles. The summed E-state index contributed by atoms with van der Waals surface area (Å²) in [5.41, 5.74) is 9.40. The lowest BCUT2D eigenvalue weighted by Gasteiger charge is -2.29. The van der Waals surface area contributed by atoms with E-state index in [4.69, 9.17) is 20.3 Å². The Morgan fingerprint density at radius 1 is 1.10 bits per heavy atom. The molecule has 4 rings (SSSR count). The van der Waals surface area contributed by atoms with Crippen molar-refractivity contribution >= 4 is 17.3 Å². The fourth-order valence-electron chi connectivity index (χ4n) is 4.34. The van der Waals surface area contributed by atoms with E-state index in [1.807, 2.05) is 42.5 Å². The third kappa shape index (κ3) is 4.84. The van der Waals surface area contributed by atoms with Crippen LogP contribution < -0.4 is 15.2 Å². The van der Waals surface area contributed by atoms with Gasteiger partial charge in [0.2, 0.25) is 5.91 Å². The van der Waals surface area contributed by atoms with Crippen molar-refractivity contribution in [2.24, 2.45) is 11.0 Å². The van der Waals surface area contributed by atoms with Crippen LogP contribution in [0, 0.1) is 5.92 Å². The van der Waals surface area contributed by atoms with Gasteiger partial charge in [-0.3, -0.25) is 4.79 Å². The molecule has 6 heteroatoms. The first-order chi connectivity index (χ1) is 15.1. The zero-order valence-electron chi connectivity index (χ0n) is 18.3. The van der Waals surface area contributed by atoms with Crippen molar-refractivity contribution < 1.29 is 14.3 Å². The van der Waals surface area contributed by atoms with Gasteiger partial charge in [-0.2, -0.15) is 5.10 Å². The van der Waals surface area contributed by atoms with Crippen molar-refractivity contribution in [3.05, 3.63) is 53.6 Å². The second-order valence-corrected chi connectivity index (χ2v) is 8.38. The van der Waals surface area contributed by atoms with Crippen LogP contribution in [0.1, 0.15) is 56.6 Å². The number of nitrogens with zero attached hydrogens (tertiary/aromatic N) is 2. The van der Waals surface area contributed by atoms with Crippen molar-refractivity contribution in [1.82, 2.24) is 5.01 Å². The quantitative estimate of drug-likeness (QED) is 0.654. The molecule has 0 bridgehead atoms. The number of anilines is 1. The highest BCUT2D eigenvalue weighted by atomic mass is 16.5. The third-order valence-electron chi connectivity index (χ3n) is 6.18. The van der Waals surface area contributed by atoms with E-state index in [1.54, 1.807) is 12.1 Å². The normalized spacial score (nSPS) is 19.4. The van der Waals surface area contributed by atoms with E-state index in [0.29, 0.717) is 18.7 Å². The summed E-state index contributed by atoms with van der Waals surface area (Å²) in [6.07, 6.45) is 6.12.